The number of fused-ring (bicyclic) bond motifs is 1. The Balaban J connectivity index is 1.97. The van der Waals surface area contributed by atoms with Crippen molar-refractivity contribution >= 4 is 44.8 Å². The van der Waals surface area contributed by atoms with E-state index in [2.05, 4.69) is 47.2 Å². The molecule has 0 saturated heterocycles. The summed E-state index contributed by atoms with van der Waals surface area (Å²) < 4.78 is 0.906. The molecule has 0 radical (unpaired) electrons. The van der Waals surface area contributed by atoms with E-state index in [9.17, 15) is 0 Å². The smallest absolute Gasteiger partial charge is 0.0571 e. The summed E-state index contributed by atoms with van der Waals surface area (Å²) in [5.41, 5.74) is 3.80. The van der Waals surface area contributed by atoms with E-state index in [1.54, 1.807) is 0 Å². The summed E-state index contributed by atoms with van der Waals surface area (Å²) in [5.74, 6) is 0. The summed E-state index contributed by atoms with van der Waals surface area (Å²) >= 11 is 15.8. The van der Waals surface area contributed by atoms with E-state index in [1.807, 2.05) is 24.3 Å². The minimum absolute atomic E-state index is 0.132. The average molecular weight is 385 g/mol. The zero-order valence-electron chi connectivity index (χ0n) is 11.9. The highest BCUT2D eigenvalue weighted by molar-refractivity contribution is 9.10. The Kier molecular flexibility index (Phi) is 3.98. The summed E-state index contributed by atoms with van der Waals surface area (Å²) in [6, 6.07) is 12.3. The Morgan fingerprint density at radius 2 is 1.90 bits per heavy atom. The fourth-order valence-electron chi connectivity index (χ4n) is 3.04. The Labute approximate surface area is 143 Å². The Hall–Kier alpha value is -0.700. The molecule has 21 heavy (non-hydrogen) atoms. The minimum atomic E-state index is 0.132. The number of rotatable bonds is 2. The second kappa shape index (κ2) is 5.49. The van der Waals surface area contributed by atoms with Crippen LogP contribution in [0.3, 0.4) is 0 Å². The quantitative estimate of drug-likeness (QED) is 0.623. The Bertz CT molecular complexity index is 697. The molecule has 1 aliphatic carbocycles. The molecule has 0 bridgehead atoms. The van der Waals surface area contributed by atoms with Crippen LogP contribution in [0.4, 0.5) is 5.69 Å². The van der Waals surface area contributed by atoms with Gasteiger partial charge in [0.15, 0.2) is 0 Å². The summed E-state index contributed by atoms with van der Waals surface area (Å²) in [6.45, 7) is 4.55. The SMILES string of the molecule is CC1(C)Cc2ccc(Cl)cc2C1Nc1ccc(Br)c(Cl)c1. The van der Waals surface area contributed by atoms with Gasteiger partial charge in [-0.2, -0.15) is 0 Å². The number of nitrogens with one attached hydrogen (secondary N) is 1. The van der Waals surface area contributed by atoms with Gasteiger partial charge >= 0.3 is 0 Å². The Morgan fingerprint density at radius 1 is 1.14 bits per heavy atom. The number of hydrogen-bond acceptors (Lipinski definition) is 1. The molecule has 1 nitrogen and oxygen atoms in total. The lowest BCUT2D eigenvalue weighted by atomic mass is 9.85. The van der Waals surface area contributed by atoms with E-state index in [1.165, 1.54) is 11.1 Å². The molecule has 0 amide bonds. The molecule has 0 saturated carbocycles. The number of hydrogen-bond donors (Lipinski definition) is 1. The molecule has 0 aromatic heterocycles. The van der Waals surface area contributed by atoms with Crippen LogP contribution in [0, 0.1) is 5.41 Å². The summed E-state index contributed by atoms with van der Waals surface area (Å²) in [4.78, 5) is 0. The zero-order valence-corrected chi connectivity index (χ0v) is 15.0. The van der Waals surface area contributed by atoms with Crippen LogP contribution in [0.25, 0.3) is 0 Å². The van der Waals surface area contributed by atoms with Crippen molar-refractivity contribution in [1.82, 2.24) is 0 Å². The van der Waals surface area contributed by atoms with E-state index in [0.29, 0.717) is 5.02 Å². The molecular weight excluding hydrogens is 369 g/mol. The fourth-order valence-corrected chi connectivity index (χ4v) is 3.64. The molecule has 0 heterocycles. The maximum absolute atomic E-state index is 6.19. The molecule has 1 N–H and O–H groups in total. The zero-order chi connectivity index (χ0) is 15.2. The van der Waals surface area contributed by atoms with Gasteiger partial charge in [-0.25, -0.2) is 0 Å². The van der Waals surface area contributed by atoms with Crippen molar-refractivity contribution in [1.29, 1.82) is 0 Å². The summed E-state index contributed by atoms with van der Waals surface area (Å²) in [6.07, 6.45) is 1.04. The van der Waals surface area contributed by atoms with Gasteiger partial charge in [0.25, 0.3) is 0 Å². The molecule has 110 valence electrons. The minimum Gasteiger partial charge on any atom is -0.378 e. The van der Waals surface area contributed by atoms with Gasteiger partial charge in [0.1, 0.15) is 0 Å². The maximum Gasteiger partial charge on any atom is 0.0571 e. The van der Waals surface area contributed by atoms with Crippen LogP contribution >= 0.6 is 39.1 Å². The van der Waals surface area contributed by atoms with Gasteiger partial charge in [-0.05, 0) is 69.2 Å². The van der Waals surface area contributed by atoms with E-state index >= 15 is 0 Å². The molecule has 0 spiro atoms. The average Bonchev–Trinajstić information content (AvgIpc) is 2.65. The normalized spacial score (nSPS) is 19.4. The van der Waals surface area contributed by atoms with Gasteiger partial charge in [-0.3, -0.25) is 0 Å². The van der Waals surface area contributed by atoms with E-state index < -0.39 is 0 Å². The van der Waals surface area contributed by atoms with Crippen LogP contribution in [0.1, 0.15) is 31.0 Å². The first-order chi connectivity index (χ1) is 9.87. The predicted octanol–water partition coefficient (Wildman–Crippen LogP) is 6.49. The number of halogens is 3. The second-order valence-electron chi connectivity index (χ2n) is 6.21. The fraction of sp³-hybridized carbons (Fsp3) is 0.294. The van der Waals surface area contributed by atoms with E-state index in [-0.39, 0.29) is 11.5 Å². The van der Waals surface area contributed by atoms with Crippen molar-refractivity contribution in [2.75, 3.05) is 5.32 Å². The molecule has 2 aromatic rings. The third kappa shape index (κ3) is 2.94. The molecule has 4 heteroatoms. The van der Waals surface area contributed by atoms with Crippen LogP contribution in [-0.2, 0) is 6.42 Å². The first-order valence-corrected chi connectivity index (χ1v) is 8.42. The molecule has 1 aliphatic rings. The van der Waals surface area contributed by atoms with Gasteiger partial charge in [0, 0.05) is 15.2 Å². The highest BCUT2D eigenvalue weighted by Crippen LogP contribution is 2.47. The van der Waals surface area contributed by atoms with Gasteiger partial charge in [-0.15, -0.1) is 0 Å². The van der Waals surface area contributed by atoms with Crippen molar-refractivity contribution in [3.05, 3.63) is 62.0 Å². The van der Waals surface area contributed by atoms with Crippen molar-refractivity contribution in [2.45, 2.75) is 26.3 Å². The van der Waals surface area contributed by atoms with Crippen LogP contribution in [0.5, 0.6) is 0 Å². The maximum atomic E-state index is 6.19. The third-order valence-corrected chi connectivity index (χ3v) is 5.54. The van der Waals surface area contributed by atoms with Crippen LogP contribution in [0.2, 0.25) is 10.0 Å². The first-order valence-electron chi connectivity index (χ1n) is 6.87. The highest BCUT2D eigenvalue weighted by Gasteiger charge is 2.39. The second-order valence-corrected chi connectivity index (χ2v) is 7.91. The highest BCUT2D eigenvalue weighted by atomic mass is 79.9. The van der Waals surface area contributed by atoms with E-state index in [4.69, 9.17) is 23.2 Å². The van der Waals surface area contributed by atoms with Crippen molar-refractivity contribution < 1.29 is 0 Å². The van der Waals surface area contributed by atoms with Crippen LogP contribution < -0.4 is 5.32 Å². The van der Waals surface area contributed by atoms with Gasteiger partial charge in [-0.1, -0.05) is 43.1 Å². The van der Waals surface area contributed by atoms with Crippen molar-refractivity contribution in [3.63, 3.8) is 0 Å². The molecule has 3 rings (SSSR count). The molecule has 1 unspecified atom stereocenters. The molecule has 2 aromatic carbocycles. The molecular formula is C17H16BrCl2N. The standard InChI is InChI=1S/C17H16BrCl2N/c1-17(2)9-10-3-4-11(19)7-13(10)16(17)21-12-5-6-14(18)15(20)8-12/h3-8,16,21H,9H2,1-2H3. The summed E-state index contributed by atoms with van der Waals surface area (Å²) in [7, 11) is 0. The van der Waals surface area contributed by atoms with Crippen molar-refractivity contribution in [3.8, 4) is 0 Å². The first kappa shape index (κ1) is 15.2. The number of anilines is 1. The molecule has 1 atom stereocenters. The van der Waals surface area contributed by atoms with Crippen molar-refractivity contribution in [2.24, 2.45) is 5.41 Å². The van der Waals surface area contributed by atoms with Gasteiger partial charge < -0.3 is 5.32 Å². The molecule has 0 aliphatic heterocycles. The lowest BCUT2D eigenvalue weighted by Gasteiger charge is -2.29. The van der Waals surface area contributed by atoms with Crippen LogP contribution in [-0.4, -0.2) is 0 Å². The third-order valence-electron chi connectivity index (χ3n) is 4.08. The number of benzene rings is 2. The van der Waals surface area contributed by atoms with Crippen LogP contribution in [0.15, 0.2) is 40.9 Å². The lowest BCUT2D eigenvalue weighted by molar-refractivity contribution is 0.337. The monoisotopic (exact) mass is 383 g/mol. The lowest BCUT2D eigenvalue weighted by Crippen LogP contribution is -2.24. The van der Waals surface area contributed by atoms with Gasteiger partial charge in [0.2, 0.25) is 0 Å². The topological polar surface area (TPSA) is 12.0 Å². The van der Waals surface area contributed by atoms with E-state index in [0.717, 1.165) is 21.6 Å². The Morgan fingerprint density at radius 3 is 2.62 bits per heavy atom. The largest absolute Gasteiger partial charge is 0.378 e. The van der Waals surface area contributed by atoms with Gasteiger partial charge in [0.05, 0.1) is 11.1 Å². The summed E-state index contributed by atoms with van der Waals surface area (Å²) in [5, 5.41) is 5.11. The predicted molar refractivity (Wildman–Crippen MR) is 94.5 cm³/mol. The molecule has 0 fully saturated rings.